The van der Waals surface area contributed by atoms with Crippen LogP contribution in [0.3, 0.4) is 0 Å². The molecular weight excluding hydrogens is 459 g/mol. The number of fused-ring (bicyclic) bond motifs is 1. The van der Waals surface area contributed by atoms with Crippen molar-refractivity contribution in [1.29, 1.82) is 0 Å². The van der Waals surface area contributed by atoms with Gasteiger partial charge >= 0.3 is 13.6 Å². The highest BCUT2D eigenvalue weighted by Gasteiger charge is 2.45. The number of aliphatic hydroxyl groups excluding tert-OH is 3. The summed E-state index contributed by atoms with van der Waals surface area (Å²) in [5.41, 5.74) is -0.181. The molecule has 0 saturated carbocycles. The highest BCUT2D eigenvalue weighted by atomic mass is 31.2. The SMILES string of the molecule is CCOP(=O)(OCC)C(C)C(=O)O[C@H]1C[C@H](O)C=C2C=C[C@H](C)[C@H](CC[C@@H](O)C[C@@H](O)CC)C21. The van der Waals surface area contributed by atoms with Crippen LogP contribution in [0.5, 0.6) is 0 Å². The molecule has 0 amide bonds. The number of allylic oxidation sites excluding steroid dienone is 2. The topological polar surface area (TPSA) is 123 Å². The maximum absolute atomic E-state index is 13.1. The molecule has 0 aliphatic heterocycles. The molecule has 3 N–H and O–H groups in total. The second-order valence-corrected chi connectivity index (χ2v) is 11.8. The molecule has 196 valence electrons. The Bertz CT molecular complexity index is 756. The van der Waals surface area contributed by atoms with Gasteiger partial charge in [-0.2, -0.15) is 0 Å². The quantitative estimate of drug-likeness (QED) is 0.255. The highest BCUT2D eigenvalue weighted by Crippen LogP contribution is 2.53. The van der Waals surface area contributed by atoms with Crippen molar-refractivity contribution in [2.75, 3.05) is 13.2 Å². The number of carbonyl (C=O) groups excluding carboxylic acids is 1. The lowest BCUT2D eigenvalue weighted by molar-refractivity contribution is -0.154. The molecule has 0 bridgehead atoms. The Kier molecular flexibility index (Phi) is 11.5. The number of carbonyl (C=O) groups is 1. The largest absolute Gasteiger partial charge is 0.461 e. The van der Waals surface area contributed by atoms with Gasteiger partial charge in [0.05, 0.1) is 31.5 Å². The van der Waals surface area contributed by atoms with Crippen molar-refractivity contribution in [3.63, 3.8) is 0 Å². The summed E-state index contributed by atoms with van der Waals surface area (Å²) in [4.78, 5) is 13.1. The minimum atomic E-state index is -3.68. The first-order chi connectivity index (χ1) is 16.1. The zero-order valence-electron chi connectivity index (χ0n) is 21.1. The van der Waals surface area contributed by atoms with Crippen molar-refractivity contribution in [2.45, 2.75) is 96.8 Å². The molecule has 0 aromatic rings. The van der Waals surface area contributed by atoms with Crippen LogP contribution in [0, 0.1) is 17.8 Å². The van der Waals surface area contributed by atoms with Gasteiger partial charge in [-0.05, 0) is 63.9 Å². The van der Waals surface area contributed by atoms with Crippen molar-refractivity contribution in [1.82, 2.24) is 0 Å². The summed E-state index contributed by atoms with van der Waals surface area (Å²) < 4.78 is 29.6. The Labute approximate surface area is 203 Å². The third kappa shape index (κ3) is 7.49. The van der Waals surface area contributed by atoms with Crippen molar-refractivity contribution in [2.24, 2.45) is 17.8 Å². The molecule has 2 unspecified atom stereocenters. The molecule has 2 rings (SSSR count). The average molecular weight is 503 g/mol. The molecular formula is C25H43O8P. The van der Waals surface area contributed by atoms with Gasteiger partial charge in [-0.3, -0.25) is 9.36 Å². The van der Waals surface area contributed by atoms with Gasteiger partial charge < -0.3 is 29.1 Å². The van der Waals surface area contributed by atoms with Gasteiger partial charge in [-0.25, -0.2) is 0 Å². The van der Waals surface area contributed by atoms with E-state index in [1.165, 1.54) is 6.92 Å². The molecule has 0 radical (unpaired) electrons. The van der Waals surface area contributed by atoms with E-state index in [1.54, 1.807) is 19.9 Å². The lowest BCUT2D eigenvalue weighted by Gasteiger charge is -2.43. The number of ether oxygens (including phenoxy) is 1. The third-order valence-electron chi connectivity index (χ3n) is 6.92. The zero-order valence-corrected chi connectivity index (χ0v) is 22.0. The molecule has 0 aromatic heterocycles. The van der Waals surface area contributed by atoms with Crippen LogP contribution < -0.4 is 0 Å². The van der Waals surface area contributed by atoms with E-state index in [0.717, 1.165) is 5.57 Å². The van der Waals surface area contributed by atoms with Crippen molar-refractivity contribution >= 4 is 13.6 Å². The minimum absolute atomic E-state index is 0.0795. The van der Waals surface area contributed by atoms with Crippen molar-refractivity contribution in [3.05, 3.63) is 23.8 Å². The Morgan fingerprint density at radius 1 is 1.18 bits per heavy atom. The summed E-state index contributed by atoms with van der Waals surface area (Å²) in [6.07, 6.45) is 5.74. The minimum Gasteiger partial charge on any atom is -0.461 e. The fourth-order valence-electron chi connectivity index (χ4n) is 4.97. The fraction of sp³-hybridized carbons (Fsp3) is 0.800. The molecule has 9 heteroatoms. The van der Waals surface area contributed by atoms with Crippen LogP contribution in [0.15, 0.2) is 23.8 Å². The van der Waals surface area contributed by atoms with E-state index < -0.39 is 43.6 Å². The van der Waals surface area contributed by atoms with Crippen molar-refractivity contribution < 1.29 is 38.5 Å². The third-order valence-corrected chi connectivity index (χ3v) is 9.32. The number of rotatable bonds is 13. The van der Waals surface area contributed by atoms with Crippen LogP contribution in [0.4, 0.5) is 0 Å². The van der Waals surface area contributed by atoms with E-state index in [0.29, 0.717) is 25.7 Å². The van der Waals surface area contributed by atoms with Crippen molar-refractivity contribution in [3.8, 4) is 0 Å². The standard InChI is InChI=1S/C25H43O8P/c1-6-19(26)14-20(27)11-12-22-16(4)9-10-18-13-21(28)15-23(24(18)22)33-25(29)17(5)34(30,31-7-2)32-8-3/h9-10,13,16-17,19-24,26-28H,6-8,11-12,14-15H2,1-5H3/t16-,17?,19-,20+,21+,22-,23-,24?/m0/s1. The van der Waals surface area contributed by atoms with Gasteiger partial charge in [-0.1, -0.05) is 32.1 Å². The van der Waals surface area contributed by atoms with Gasteiger partial charge in [0.25, 0.3) is 0 Å². The summed E-state index contributed by atoms with van der Waals surface area (Å²) in [5.74, 6) is -0.565. The summed E-state index contributed by atoms with van der Waals surface area (Å²) in [7, 11) is -3.68. The summed E-state index contributed by atoms with van der Waals surface area (Å²) in [6.45, 7) is 9.12. The molecule has 0 fully saturated rings. The Balaban J connectivity index is 2.20. The van der Waals surface area contributed by atoms with Gasteiger partial charge in [0.1, 0.15) is 6.10 Å². The second-order valence-electron chi connectivity index (χ2n) is 9.43. The van der Waals surface area contributed by atoms with Crippen LogP contribution in [0.25, 0.3) is 0 Å². The first-order valence-corrected chi connectivity index (χ1v) is 14.2. The monoisotopic (exact) mass is 502 g/mol. The smallest absolute Gasteiger partial charge is 0.344 e. The normalized spacial score (nSPS) is 29.6. The van der Waals surface area contributed by atoms with Crippen LogP contribution in [0.1, 0.15) is 66.7 Å². The molecule has 8 nitrogen and oxygen atoms in total. The molecule has 2 aliphatic rings. The van der Waals surface area contributed by atoms with Gasteiger partial charge in [0.15, 0.2) is 5.66 Å². The number of hydrogen-bond donors (Lipinski definition) is 3. The molecule has 8 atom stereocenters. The molecule has 0 spiro atoms. The van der Waals surface area contributed by atoms with E-state index in [2.05, 4.69) is 13.0 Å². The maximum atomic E-state index is 13.1. The molecule has 0 aromatic carbocycles. The number of esters is 1. The molecule has 0 heterocycles. The highest BCUT2D eigenvalue weighted by molar-refractivity contribution is 7.55. The van der Waals surface area contributed by atoms with E-state index in [9.17, 15) is 24.7 Å². The van der Waals surface area contributed by atoms with Crippen LogP contribution in [-0.2, 0) is 23.1 Å². The first-order valence-electron chi connectivity index (χ1n) is 12.6. The lowest BCUT2D eigenvalue weighted by atomic mass is 9.66. The maximum Gasteiger partial charge on any atom is 0.344 e. The van der Waals surface area contributed by atoms with Crippen LogP contribution >= 0.6 is 7.60 Å². The molecule has 2 aliphatic carbocycles. The number of aliphatic hydroxyl groups is 3. The van der Waals surface area contributed by atoms with E-state index in [-0.39, 0.29) is 37.4 Å². The zero-order chi connectivity index (χ0) is 25.5. The fourth-order valence-corrected chi connectivity index (χ4v) is 6.53. The summed E-state index contributed by atoms with van der Waals surface area (Å²) in [5, 5.41) is 30.7. The van der Waals surface area contributed by atoms with E-state index in [4.69, 9.17) is 13.8 Å². The predicted molar refractivity (Wildman–Crippen MR) is 130 cm³/mol. The molecule has 0 saturated heterocycles. The predicted octanol–water partition coefficient (Wildman–Crippen LogP) is 3.98. The Hall–Kier alpha value is -1.02. The second kappa shape index (κ2) is 13.3. The summed E-state index contributed by atoms with van der Waals surface area (Å²) >= 11 is 0. The number of hydrogen-bond acceptors (Lipinski definition) is 8. The Morgan fingerprint density at radius 2 is 1.82 bits per heavy atom. The van der Waals surface area contributed by atoms with Crippen LogP contribution in [-0.4, -0.2) is 64.6 Å². The van der Waals surface area contributed by atoms with Gasteiger partial charge in [-0.15, -0.1) is 0 Å². The lowest BCUT2D eigenvalue weighted by Crippen LogP contribution is -2.43. The first kappa shape index (κ1) is 29.2. The molecule has 34 heavy (non-hydrogen) atoms. The van der Waals surface area contributed by atoms with Crippen LogP contribution in [0.2, 0.25) is 0 Å². The Morgan fingerprint density at radius 3 is 2.41 bits per heavy atom. The average Bonchev–Trinajstić information content (AvgIpc) is 2.78. The van der Waals surface area contributed by atoms with Gasteiger partial charge in [0.2, 0.25) is 0 Å². The van der Waals surface area contributed by atoms with E-state index >= 15 is 0 Å². The van der Waals surface area contributed by atoms with E-state index in [1.807, 2.05) is 13.0 Å². The summed E-state index contributed by atoms with van der Waals surface area (Å²) in [6, 6.07) is 0. The van der Waals surface area contributed by atoms with Gasteiger partial charge in [0, 0.05) is 12.3 Å².